The summed E-state index contributed by atoms with van der Waals surface area (Å²) in [5, 5.41) is 16.5. The second-order valence-corrected chi connectivity index (χ2v) is 12.9. The van der Waals surface area contributed by atoms with Crippen LogP contribution in [0, 0.1) is 0 Å². The molecule has 0 fully saturated rings. The molecule has 7 rings (SSSR count). The van der Waals surface area contributed by atoms with Gasteiger partial charge in [-0.15, -0.1) is 10.2 Å². The number of nitrogens with zero attached hydrogens (tertiary/aromatic N) is 3. The van der Waals surface area contributed by atoms with Crippen LogP contribution in [0.1, 0.15) is 52.7 Å². The Morgan fingerprint density at radius 3 is 1.68 bits per heavy atom. The van der Waals surface area contributed by atoms with E-state index in [4.69, 9.17) is 14.6 Å². The molecule has 40 heavy (non-hydrogen) atoms. The predicted octanol–water partition coefficient (Wildman–Crippen LogP) is 9.74. The van der Waals surface area contributed by atoms with E-state index in [1.54, 1.807) is 6.26 Å². The molecule has 4 heteroatoms. The first-order chi connectivity index (χ1) is 19.1. The molecule has 0 atom stereocenters. The van der Waals surface area contributed by atoms with Crippen LogP contribution >= 0.6 is 0 Å². The summed E-state index contributed by atoms with van der Waals surface area (Å²) in [4.78, 5) is 0. The Bertz CT molecular complexity index is 2000. The summed E-state index contributed by atoms with van der Waals surface area (Å²) in [5.74, 6) is 1.54. The van der Waals surface area contributed by atoms with Gasteiger partial charge in [0.1, 0.15) is 5.69 Å². The van der Waals surface area contributed by atoms with E-state index in [0.717, 1.165) is 38.7 Å². The van der Waals surface area contributed by atoms with Crippen molar-refractivity contribution < 1.29 is 4.42 Å². The lowest BCUT2D eigenvalue weighted by atomic mass is 9.85. The highest BCUT2D eigenvalue weighted by molar-refractivity contribution is 6.12. The Balaban J connectivity index is 1.62. The van der Waals surface area contributed by atoms with Crippen molar-refractivity contribution in [1.29, 1.82) is 0 Å². The van der Waals surface area contributed by atoms with Gasteiger partial charge in [-0.1, -0.05) is 77.9 Å². The van der Waals surface area contributed by atoms with E-state index >= 15 is 0 Å². The van der Waals surface area contributed by atoms with Crippen LogP contribution in [0.2, 0.25) is 0 Å². The van der Waals surface area contributed by atoms with Crippen molar-refractivity contribution in [3.8, 4) is 17.3 Å². The van der Waals surface area contributed by atoms with Crippen LogP contribution in [0.25, 0.3) is 60.6 Å². The Morgan fingerprint density at radius 2 is 1.15 bits per heavy atom. The third kappa shape index (κ3) is 3.82. The summed E-state index contributed by atoms with van der Waals surface area (Å²) in [7, 11) is 0. The van der Waals surface area contributed by atoms with Gasteiger partial charge in [0, 0.05) is 21.5 Å². The normalized spacial score (nSPS) is 12.8. The van der Waals surface area contributed by atoms with Gasteiger partial charge in [-0.25, -0.2) is 0 Å². The molecule has 0 spiro atoms. The Morgan fingerprint density at radius 1 is 0.575 bits per heavy atom. The van der Waals surface area contributed by atoms with E-state index in [9.17, 15) is 0 Å². The Hall–Kier alpha value is -4.44. The van der Waals surface area contributed by atoms with E-state index in [0.29, 0.717) is 5.76 Å². The van der Waals surface area contributed by atoms with Gasteiger partial charge in [0.25, 0.3) is 0 Å². The molecule has 4 nitrogen and oxygen atoms in total. The first-order valence-electron chi connectivity index (χ1n) is 13.9. The molecule has 7 aromatic rings. The van der Waals surface area contributed by atoms with Crippen molar-refractivity contribution in [2.45, 2.75) is 52.4 Å². The second kappa shape index (κ2) is 8.53. The molecule has 0 unspecified atom stereocenters. The van der Waals surface area contributed by atoms with Gasteiger partial charge >= 0.3 is 0 Å². The zero-order chi connectivity index (χ0) is 27.8. The van der Waals surface area contributed by atoms with Gasteiger partial charge in [0.2, 0.25) is 0 Å². The molecule has 0 amide bonds. The van der Waals surface area contributed by atoms with E-state index < -0.39 is 0 Å². The lowest BCUT2D eigenvalue weighted by Crippen LogP contribution is -2.10. The van der Waals surface area contributed by atoms with Gasteiger partial charge in [-0.05, 0) is 81.3 Å². The molecular formula is C36H33N3O. The molecule has 0 aliphatic rings. The van der Waals surface area contributed by atoms with Crippen LogP contribution in [0.3, 0.4) is 0 Å². The number of hydrogen-bond donors (Lipinski definition) is 0. The number of hydrogen-bond acceptors (Lipinski definition) is 3. The van der Waals surface area contributed by atoms with Gasteiger partial charge in [-0.2, -0.15) is 0 Å². The predicted molar refractivity (Wildman–Crippen MR) is 166 cm³/mol. The molecule has 4 aromatic carbocycles. The van der Waals surface area contributed by atoms with E-state index in [2.05, 4.69) is 119 Å². The highest BCUT2D eigenvalue weighted by atomic mass is 16.3. The molecule has 0 aliphatic heterocycles. The lowest BCUT2D eigenvalue weighted by Gasteiger charge is -2.19. The molecule has 3 heterocycles. The van der Waals surface area contributed by atoms with Crippen molar-refractivity contribution in [2.24, 2.45) is 0 Å². The number of fused-ring (bicyclic) bond motifs is 5. The fourth-order valence-corrected chi connectivity index (χ4v) is 5.77. The van der Waals surface area contributed by atoms with Crippen LogP contribution < -0.4 is 0 Å². The molecular weight excluding hydrogens is 490 g/mol. The fourth-order valence-electron chi connectivity index (χ4n) is 5.77. The number of benzene rings is 4. The molecule has 0 saturated heterocycles. The zero-order valence-corrected chi connectivity index (χ0v) is 23.9. The van der Waals surface area contributed by atoms with Crippen LogP contribution in [0.4, 0.5) is 0 Å². The summed E-state index contributed by atoms with van der Waals surface area (Å²) in [6.07, 6.45) is 1.68. The molecule has 0 saturated carbocycles. The van der Waals surface area contributed by atoms with Crippen LogP contribution in [0.15, 0.2) is 95.6 Å². The first kappa shape index (κ1) is 24.6. The summed E-state index contributed by atoms with van der Waals surface area (Å²) in [6, 6.07) is 30.5. The average molecular weight is 524 g/mol. The van der Waals surface area contributed by atoms with Crippen LogP contribution in [-0.2, 0) is 10.8 Å². The van der Waals surface area contributed by atoms with E-state index in [1.807, 2.05) is 12.1 Å². The minimum absolute atomic E-state index is 0.0420. The molecule has 3 aromatic heterocycles. The molecule has 0 radical (unpaired) electrons. The smallest absolute Gasteiger partial charge is 0.168 e. The van der Waals surface area contributed by atoms with E-state index in [-0.39, 0.29) is 10.8 Å². The monoisotopic (exact) mass is 523 g/mol. The standard InChI is InChI=1S/C36H33N3O/c1-35(2,3)24-13-15-30-26(20-24)27-21-25(36(4,5)6)14-16-31(27)39(30)34-29-19-23-11-8-7-10-22(23)18-28(29)33(37-38-34)32-12-9-17-40-32/h7-21H,1-6H3. The minimum Gasteiger partial charge on any atom is -0.463 e. The average Bonchev–Trinajstić information content (AvgIpc) is 3.56. The van der Waals surface area contributed by atoms with E-state index in [1.165, 1.54) is 27.3 Å². The summed E-state index contributed by atoms with van der Waals surface area (Å²) < 4.78 is 8.08. The lowest BCUT2D eigenvalue weighted by molar-refractivity contribution is 0.579. The number of rotatable bonds is 2. The van der Waals surface area contributed by atoms with Crippen molar-refractivity contribution in [3.63, 3.8) is 0 Å². The van der Waals surface area contributed by atoms with Crippen LogP contribution in [-0.4, -0.2) is 14.8 Å². The van der Waals surface area contributed by atoms with Crippen molar-refractivity contribution in [2.75, 3.05) is 0 Å². The highest BCUT2D eigenvalue weighted by Crippen LogP contribution is 2.40. The molecule has 198 valence electrons. The summed E-state index contributed by atoms with van der Waals surface area (Å²) in [6.45, 7) is 13.6. The quantitative estimate of drug-likeness (QED) is 0.212. The SMILES string of the molecule is CC(C)(C)c1ccc2c(c1)c1cc(C(C)(C)C)ccc1n2-c1nnc(-c2ccco2)c2cc3ccccc3cc12. The third-order valence-corrected chi connectivity index (χ3v) is 8.09. The van der Waals surface area contributed by atoms with Gasteiger partial charge < -0.3 is 4.42 Å². The fraction of sp³-hybridized carbons (Fsp3) is 0.222. The first-order valence-corrected chi connectivity index (χ1v) is 13.9. The van der Waals surface area contributed by atoms with Crippen molar-refractivity contribution >= 4 is 43.4 Å². The van der Waals surface area contributed by atoms with Gasteiger partial charge in [0.05, 0.1) is 17.3 Å². The minimum atomic E-state index is 0.0420. The topological polar surface area (TPSA) is 43.9 Å². The molecule has 0 bridgehead atoms. The Kier molecular flexibility index (Phi) is 5.24. The summed E-state index contributed by atoms with van der Waals surface area (Å²) >= 11 is 0. The number of furan rings is 1. The van der Waals surface area contributed by atoms with Crippen molar-refractivity contribution in [1.82, 2.24) is 14.8 Å². The van der Waals surface area contributed by atoms with Crippen LogP contribution in [0.5, 0.6) is 0 Å². The van der Waals surface area contributed by atoms with Gasteiger partial charge in [0.15, 0.2) is 11.6 Å². The number of aromatic nitrogens is 3. The zero-order valence-electron chi connectivity index (χ0n) is 23.9. The molecule has 0 N–H and O–H groups in total. The maximum absolute atomic E-state index is 5.79. The molecule has 0 aliphatic carbocycles. The maximum atomic E-state index is 5.79. The van der Waals surface area contributed by atoms with Gasteiger partial charge in [-0.3, -0.25) is 4.57 Å². The highest BCUT2D eigenvalue weighted by Gasteiger charge is 2.23. The summed E-state index contributed by atoms with van der Waals surface area (Å²) in [5.41, 5.74) is 5.72. The second-order valence-electron chi connectivity index (χ2n) is 12.9. The Labute approximate surface area is 234 Å². The maximum Gasteiger partial charge on any atom is 0.168 e. The largest absolute Gasteiger partial charge is 0.463 e. The van der Waals surface area contributed by atoms with Crippen molar-refractivity contribution in [3.05, 3.63) is 102 Å². The third-order valence-electron chi connectivity index (χ3n) is 8.09.